The molecule has 2 aromatic rings. The highest BCUT2D eigenvalue weighted by molar-refractivity contribution is 5.68. The fraction of sp³-hybridized carbons (Fsp3) is 0.381. The van der Waals surface area contributed by atoms with Gasteiger partial charge in [-0.2, -0.15) is 0 Å². The Kier molecular flexibility index (Phi) is 6.81. The fourth-order valence-corrected chi connectivity index (χ4v) is 3.22. The Morgan fingerprint density at radius 2 is 1.75 bits per heavy atom. The van der Waals surface area contributed by atoms with Gasteiger partial charge in [0.2, 0.25) is 0 Å². The van der Waals surface area contributed by atoms with Crippen molar-refractivity contribution in [3.05, 3.63) is 65.2 Å². The lowest BCUT2D eigenvalue weighted by Crippen LogP contribution is -2.49. The predicted molar refractivity (Wildman–Crippen MR) is 102 cm³/mol. The topological polar surface area (TPSA) is 53.0 Å². The predicted octanol–water partition coefficient (Wildman–Crippen LogP) is 3.35. The Labute approximate surface area is 163 Å². The second-order valence-electron chi connectivity index (χ2n) is 6.74. The second kappa shape index (κ2) is 9.50. The van der Waals surface area contributed by atoms with Crippen molar-refractivity contribution in [2.24, 2.45) is 0 Å². The molecule has 1 amide bonds. The number of nitrogens with zero attached hydrogens (tertiary/aromatic N) is 2. The zero-order valence-corrected chi connectivity index (χ0v) is 15.6. The molecule has 0 atom stereocenters. The van der Waals surface area contributed by atoms with Crippen LogP contribution in [0.25, 0.3) is 0 Å². The smallest absolute Gasteiger partial charge is 0.410 e. The van der Waals surface area contributed by atoms with Crippen LogP contribution in [0, 0.1) is 11.6 Å². The molecule has 1 saturated heterocycles. The normalized spacial score (nSPS) is 14.2. The van der Waals surface area contributed by atoms with E-state index in [9.17, 15) is 13.6 Å². The van der Waals surface area contributed by atoms with Crippen LogP contribution in [0.1, 0.15) is 17.5 Å². The van der Waals surface area contributed by atoms with Crippen LogP contribution in [-0.2, 0) is 17.8 Å². The van der Waals surface area contributed by atoms with Crippen LogP contribution in [0.4, 0.5) is 19.3 Å². The minimum Gasteiger partial charge on any atom is -0.445 e. The number of carbonyl (C=O) groups excluding carboxylic acids is 1. The molecule has 0 unspecified atom stereocenters. The summed E-state index contributed by atoms with van der Waals surface area (Å²) in [6.45, 7) is 1.68. The zero-order chi connectivity index (χ0) is 19.9. The third-order valence-electron chi connectivity index (χ3n) is 4.80. The molecule has 0 aliphatic carbocycles. The first kappa shape index (κ1) is 20.1. The molecule has 1 N–H and O–H groups in total. The molecule has 1 aliphatic heterocycles. The second-order valence-corrected chi connectivity index (χ2v) is 6.74. The number of benzene rings is 2. The summed E-state index contributed by atoms with van der Waals surface area (Å²) in [5, 5.41) is 8.85. The summed E-state index contributed by atoms with van der Waals surface area (Å²) in [6.07, 6.45) is 0.273. The van der Waals surface area contributed by atoms with Crippen molar-refractivity contribution in [1.29, 1.82) is 0 Å². The molecule has 5 nitrogen and oxygen atoms in total. The molecule has 0 saturated carbocycles. The van der Waals surface area contributed by atoms with Gasteiger partial charge in [0, 0.05) is 38.9 Å². The summed E-state index contributed by atoms with van der Waals surface area (Å²) in [5.41, 5.74) is 1.37. The molecule has 7 heteroatoms. The highest BCUT2D eigenvalue weighted by Crippen LogP contribution is 2.25. The van der Waals surface area contributed by atoms with Gasteiger partial charge in [-0.3, -0.25) is 0 Å². The number of halogens is 2. The summed E-state index contributed by atoms with van der Waals surface area (Å²) in [6, 6.07) is 11.8. The van der Waals surface area contributed by atoms with Crippen LogP contribution in [-0.4, -0.2) is 48.9 Å². The highest BCUT2D eigenvalue weighted by atomic mass is 19.1. The summed E-state index contributed by atoms with van der Waals surface area (Å²) in [4.78, 5) is 15.5. The van der Waals surface area contributed by atoms with Gasteiger partial charge in [-0.05, 0) is 30.0 Å². The average molecular weight is 390 g/mol. The summed E-state index contributed by atoms with van der Waals surface area (Å²) < 4.78 is 34.0. The lowest BCUT2D eigenvalue weighted by Gasteiger charge is -2.35. The molecule has 2 aromatic carbocycles. The first-order chi connectivity index (χ1) is 13.6. The molecule has 0 radical (unpaired) electrons. The van der Waals surface area contributed by atoms with Gasteiger partial charge < -0.3 is 19.6 Å². The molecule has 150 valence electrons. The van der Waals surface area contributed by atoms with E-state index in [1.165, 1.54) is 12.1 Å². The maximum atomic E-state index is 14.4. The summed E-state index contributed by atoms with van der Waals surface area (Å²) >= 11 is 0. The third-order valence-corrected chi connectivity index (χ3v) is 4.80. The summed E-state index contributed by atoms with van der Waals surface area (Å²) in [7, 11) is 0. The number of rotatable bonds is 6. The Bertz CT molecular complexity index is 794. The van der Waals surface area contributed by atoms with Crippen molar-refractivity contribution in [3.8, 4) is 0 Å². The Balaban J connectivity index is 1.54. The van der Waals surface area contributed by atoms with E-state index in [1.807, 2.05) is 30.3 Å². The van der Waals surface area contributed by atoms with Crippen molar-refractivity contribution < 1.29 is 23.4 Å². The molecule has 0 spiro atoms. The van der Waals surface area contributed by atoms with Crippen molar-refractivity contribution in [3.63, 3.8) is 0 Å². The van der Waals surface area contributed by atoms with E-state index in [4.69, 9.17) is 9.84 Å². The first-order valence-electron chi connectivity index (χ1n) is 9.38. The molecular weight excluding hydrogens is 366 g/mol. The molecule has 0 bridgehead atoms. The Morgan fingerprint density at radius 1 is 1.04 bits per heavy atom. The minimum atomic E-state index is -0.491. The monoisotopic (exact) mass is 390 g/mol. The molecule has 0 aromatic heterocycles. The van der Waals surface area contributed by atoms with Gasteiger partial charge >= 0.3 is 6.09 Å². The van der Waals surface area contributed by atoms with Crippen molar-refractivity contribution >= 4 is 11.8 Å². The van der Waals surface area contributed by atoms with Crippen molar-refractivity contribution in [1.82, 2.24) is 4.90 Å². The lowest BCUT2D eigenvalue weighted by atomic mass is 10.1. The zero-order valence-electron chi connectivity index (χ0n) is 15.6. The first-order valence-corrected chi connectivity index (χ1v) is 9.38. The number of piperazine rings is 1. The lowest BCUT2D eigenvalue weighted by molar-refractivity contribution is 0.0941. The van der Waals surface area contributed by atoms with E-state index in [0.717, 1.165) is 5.56 Å². The van der Waals surface area contributed by atoms with Crippen molar-refractivity contribution in [2.75, 3.05) is 37.7 Å². The van der Waals surface area contributed by atoms with E-state index >= 15 is 0 Å². The van der Waals surface area contributed by atoms with Gasteiger partial charge in [-0.15, -0.1) is 0 Å². The Morgan fingerprint density at radius 3 is 2.43 bits per heavy atom. The average Bonchev–Trinajstić information content (AvgIpc) is 2.73. The number of carbonyl (C=O) groups is 1. The maximum absolute atomic E-state index is 14.4. The molecule has 1 heterocycles. The molecule has 1 fully saturated rings. The van der Waals surface area contributed by atoms with E-state index in [2.05, 4.69) is 0 Å². The minimum absolute atomic E-state index is 0.0643. The van der Waals surface area contributed by atoms with Crippen LogP contribution >= 0.6 is 0 Å². The quantitative estimate of drug-likeness (QED) is 0.822. The Hall–Kier alpha value is -2.67. The number of hydrogen-bond acceptors (Lipinski definition) is 4. The van der Waals surface area contributed by atoms with Gasteiger partial charge in [-0.1, -0.05) is 30.3 Å². The number of aliphatic hydroxyl groups is 1. The number of ether oxygens (including phenoxy) is 1. The van der Waals surface area contributed by atoms with Gasteiger partial charge in [0.25, 0.3) is 0 Å². The van der Waals surface area contributed by atoms with Gasteiger partial charge in [0.1, 0.15) is 18.2 Å². The summed E-state index contributed by atoms with van der Waals surface area (Å²) in [5.74, 6) is -0.969. The molecule has 3 rings (SSSR count). The van der Waals surface area contributed by atoms with Crippen LogP contribution in [0.3, 0.4) is 0 Å². The van der Waals surface area contributed by atoms with Crippen LogP contribution < -0.4 is 4.90 Å². The van der Waals surface area contributed by atoms with E-state index in [0.29, 0.717) is 39.0 Å². The van der Waals surface area contributed by atoms with Crippen LogP contribution in [0.15, 0.2) is 42.5 Å². The third kappa shape index (κ3) is 4.98. The molecular formula is C21H24F2N2O3. The number of hydrogen-bond donors (Lipinski definition) is 1. The molecule has 28 heavy (non-hydrogen) atoms. The highest BCUT2D eigenvalue weighted by Gasteiger charge is 2.24. The van der Waals surface area contributed by atoms with E-state index in [1.54, 1.807) is 9.80 Å². The van der Waals surface area contributed by atoms with E-state index < -0.39 is 17.7 Å². The number of anilines is 1. The van der Waals surface area contributed by atoms with Crippen molar-refractivity contribution in [2.45, 2.75) is 19.4 Å². The van der Waals surface area contributed by atoms with Gasteiger partial charge in [-0.25, -0.2) is 13.6 Å². The standard InChI is InChI=1S/C21H24F2N2O3/c22-18-14-20(19(23)13-17(18)7-4-12-26)24-8-10-25(11-9-24)21(27)28-15-16-5-2-1-3-6-16/h1-3,5-6,13-14,26H,4,7-12,15H2. The number of aliphatic hydroxyl groups excluding tert-OH is 1. The van der Waals surface area contributed by atoms with Gasteiger partial charge in [0.15, 0.2) is 0 Å². The van der Waals surface area contributed by atoms with Crippen LogP contribution in [0.5, 0.6) is 0 Å². The largest absolute Gasteiger partial charge is 0.445 e. The van der Waals surface area contributed by atoms with Crippen LogP contribution in [0.2, 0.25) is 0 Å². The number of amides is 1. The SMILES string of the molecule is O=C(OCc1ccccc1)N1CCN(c2cc(F)c(CCCO)cc2F)CC1. The fourth-order valence-electron chi connectivity index (χ4n) is 3.22. The maximum Gasteiger partial charge on any atom is 0.410 e. The van der Waals surface area contributed by atoms with Gasteiger partial charge in [0.05, 0.1) is 5.69 Å². The van der Waals surface area contributed by atoms with E-state index in [-0.39, 0.29) is 24.5 Å². The number of aryl methyl sites for hydroxylation is 1. The molecule has 1 aliphatic rings.